The van der Waals surface area contributed by atoms with Crippen molar-refractivity contribution >= 4 is 28.9 Å². The molecule has 0 saturated heterocycles. The van der Waals surface area contributed by atoms with E-state index < -0.39 is 17.5 Å². The average Bonchev–Trinajstić information content (AvgIpc) is 3.51. The Balaban J connectivity index is 1.49. The number of carboxylic acid groups (broad SMARTS) is 2. The Morgan fingerprint density at radius 3 is 1.97 bits per heavy atom. The van der Waals surface area contributed by atoms with Gasteiger partial charge in [-0.3, -0.25) is 10.1 Å². The molecule has 154 valence electrons. The number of furan rings is 1. The number of carbonyl (C=O) groups is 2. The Morgan fingerprint density at radius 2 is 1.39 bits per heavy atom. The van der Waals surface area contributed by atoms with Gasteiger partial charge in [0.15, 0.2) is 0 Å². The van der Waals surface area contributed by atoms with E-state index in [0.717, 1.165) is 27.6 Å². The van der Waals surface area contributed by atoms with Crippen LogP contribution in [0.1, 0.15) is 18.4 Å². The highest BCUT2D eigenvalue weighted by atomic mass is 16.4. The highest BCUT2D eigenvalue weighted by Crippen LogP contribution is 2.48. The van der Waals surface area contributed by atoms with Gasteiger partial charge in [0.05, 0.1) is 11.0 Å². The second-order valence-electron chi connectivity index (χ2n) is 7.77. The molecule has 6 heteroatoms. The lowest BCUT2D eigenvalue weighted by molar-refractivity contribution is -0.140. The van der Waals surface area contributed by atoms with Crippen molar-refractivity contribution in [3.63, 3.8) is 0 Å². The first-order valence-electron chi connectivity index (χ1n) is 9.94. The first-order valence-corrected chi connectivity index (χ1v) is 9.94. The summed E-state index contributed by atoms with van der Waals surface area (Å²) in [7, 11) is 0. The summed E-state index contributed by atoms with van der Waals surface area (Å²) >= 11 is 0. The van der Waals surface area contributed by atoms with Crippen LogP contribution in [0.5, 0.6) is 0 Å². The molecule has 1 aliphatic rings. The standard InChI is InChI=1S/C25H19NO5/c27-23(28)25(13-14-25)18-11-9-16(10-12-18)15-5-7-17(8-6-15)21-19-3-1-2-4-20(19)31-22(21)26-24(29)30/h1-12,26H,13-14H2,(H,27,28)(H,29,30). The smallest absolute Gasteiger partial charge is 0.411 e. The van der Waals surface area contributed by atoms with Gasteiger partial charge >= 0.3 is 12.1 Å². The number of hydrogen-bond donors (Lipinski definition) is 3. The van der Waals surface area contributed by atoms with E-state index in [9.17, 15) is 14.7 Å². The summed E-state index contributed by atoms with van der Waals surface area (Å²) in [6, 6.07) is 22.8. The number of para-hydroxylation sites is 1. The van der Waals surface area contributed by atoms with E-state index in [1.165, 1.54) is 0 Å². The average molecular weight is 413 g/mol. The van der Waals surface area contributed by atoms with Crippen molar-refractivity contribution in [2.24, 2.45) is 0 Å². The van der Waals surface area contributed by atoms with Crippen LogP contribution in [-0.4, -0.2) is 22.3 Å². The number of rotatable bonds is 5. The van der Waals surface area contributed by atoms with Crippen LogP contribution in [0.15, 0.2) is 77.2 Å². The van der Waals surface area contributed by atoms with Crippen LogP contribution < -0.4 is 5.32 Å². The molecule has 0 aliphatic heterocycles. The van der Waals surface area contributed by atoms with Gasteiger partial charge in [0.25, 0.3) is 0 Å². The van der Waals surface area contributed by atoms with Crippen LogP contribution in [0.25, 0.3) is 33.2 Å². The minimum absolute atomic E-state index is 0.189. The molecule has 1 heterocycles. The SMILES string of the molecule is O=C(O)Nc1oc2ccccc2c1-c1ccc(-c2ccc(C3(C(=O)O)CC3)cc2)cc1. The lowest BCUT2D eigenvalue weighted by Gasteiger charge is -2.11. The molecular weight excluding hydrogens is 394 g/mol. The Bertz CT molecular complexity index is 1300. The highest BCUT2D eigenvalue weighted by molar-refractivity contribution is 6.03. The topological polar surface area (TPSA) is 99.8 Å². The van der Waals surface area contributed by atoms with Crippen molar-refractivity contribution in [2.75, 3.05) is 5.32 Å². The summed E-state index contributed by atoms with van der Waals surface area (Å²) in [6.45, 7) is 0. The molecule has 0 radical (unpaired) electrons. The second kappa shape index (κ2) is 7.02. The number of amides is 1. The van der Waals surface area contributed by atoms with Crippen LogP contribution in [-0.2, 0) is 10.2 Å². The van der Waals surface area contributed by atoms with Crippen molar-refractivity contribution in [1.29, 1.82) is 0 Å². The molecule has 1 aliphatic carbocycles. The zero-order valence-electron chi connectivity index (χ0n) is 16.5. The van der Waals surface area contributed by atoms with Crippen LogP contribution in [0.2, 0.25) is 0 Å². The zero-order chi connectivity index (χ0) is 21.6. The van der Waals surface area contributed by atoms with Gasteiger partial charge < -0.3 is 14.6 Å². The molecule has 1 aromatic heterocycles. The number of nitrogens with one attached hydrogen (secondary N) is 1. The zero-order valence-corrected chi connectivity index (χ0v) is 16.5. The molecule has 6 nitrogen and oxygen atoms in total. The van der Waals surface area contributed by atoms with Crippen LogP contribution in [0, 0.1) is 0 Å². The molecule has 0 atom stereocenters. The maximum Gasteiger partial charge on any atom is 0.411 e. The molecule has 0 bridgehead atoms. The largest absolute Gasteiger partial charge is 0.481 e. The molecule has 1 amide bonds. The Morgan fingerprint density at radius 1 is 0.806 bits per heavy atom. The maximum absolute atomic E-state index is 11.5. The fraction of sp³-hybridized carbons (Fsp3) is 0.120. The second-order valence-corrected chi connectivity index (χ2v) is 7.77. The summed E-state index contributed by atoms with van der Waals surface area (Å²) in [4.78, 5) is 22.7. The number of benzene rings is 3. The van der Waals surface area contributed by atoms with Gasteiger partial charge in [-0.15, -0.1) is 0 Å². The van der Waals surface area contributed by atoms with E-state index >= 15 is 0 Å². The molecule has 0 spiro atoms. The summed E-state index contributed by atoms with van der Waals surface area (Å²) in [5.74, 6) is -0.572. The predicted molar refractivity (Wildman–Crippen MR) is 117 cm³/mol. The lowest BCUT2D eigenvalue weighted by Crippen LogP contribution is -2.19. The monoisotopic (exact) mass is 413 g/mol. The van der Waals surface area contributed by atoms with E-state index in [1.807, 2.05) is 66.7 Å². The summed E-state index contributed by atoms with van der Waals surface area (Å²) < 4.78 is 5.71. The predicted octanol–water partition coefficient (Wildman–Crippen LogP) is 5.97. The molecular formula is C25H19NO5. The maximum atomic E-state index is 11.5. The van der Waals surface area contributed by atoms with Gasteiger partial charge in [-0.2, -0.15) is 0 Å². The van der Waals surface area contributed by atoms with Crippen LogP contribution in [0.4, 0.5) is 10.7 Å². The normalized spacial score (nSPS) is 14.3. The van der Waals surface area contributed by atoms with Crippen molar-refractivity contribution in [1.82, 2.24) is 0 Å². The first kappa shape index (κ1) is 18.9. The van der Waals surface area contributed by atoms with Gasteiger partial charge in [-0.05, 0) is 41.2 Å². The van der Waals surface area contributed by atoms with Crippen LogP contribution in [0.3, 0.4) is 0 Å². The molecule has 4 aromatic rings. The fourth-order valence-corrected chi connectivity index (χ4v) is 4.08. The van der Waals surface area contributed by atoms with Gasteiger partial charge in [0, 0.05) is 5.39 Å². The van der Waals surface area contributed by atoms with Gasteiger partial charge in [-0.1, -0.05) is 66.7 Å². The number of fused-ring (bicyclic) bond motifs is 1. The quantitative estimate of drug-likeness (QED) is 0.374. The lowest BCUT2D eigenvalue weighted by atomic mass is 9.93. The van der Waals surface area contributed by atoms with Crippen molar-refractivity contribution in [3.8, 4) is 22.3 Å². The third kappa shape index (κ3) is 3.22. The van der Waals surface area contributed by atoms with Gasteiger partial charge in [0.1, 0.15) is 5.58 Å². The number of hydrogen-bond acceptors (Lipinski definition) is 3. The van der Waals surface area contributed by atoms with Crippen LogP contribution >= 0.6 is 0 Å². The summed E-state index contributed by atoms with van der Waals surface area (Å²) in [5, 5.41) is 21.8. The summed E-state index contributed by atoms with van der Waals surface area (Å²) in [6.07, 6.45) is 0.176. The van der Waals surface area contributed by atoms with E-state index in [1.54, 1.807) is 6.07 Å². The van der Waals surface area contributed by atoms with Crippen molar-refractivity contribution < 1.29 is 24.2 Å². The molecule has 3 aromatic carbocycles. The van der Waals surface area contributed by atoms with Gasteiger partial charge in [0.2, 0.25) is 5.88 Å². The summed E-state index contributed by atoms with van der Waals surface area (Å²) in [5.41, 5.74) is 4.23. The van der Waals surface area contributed by atoms with E-state index in [0.29, 0.717) is 24.0 Å². The van der Waals surface area contributed by atoms with E-state index in [2.05, 4.69) is 5.32 Å². The molecule has 3 N–H and O–H groups in total. The third-order valence-electron chi connectivity index (χ3n) is 5.92. The van der Waals surface area contributed by atoms with Gasteiger partial charge in [-0.25, -0.2) is 4.79 Å². The number of anilines is 1. The molecule has 1 fully saturated rings. The Labute approximate surface area is 177 Å². The first-order chi connectivity index (χ1) is 15.0. The van der Waals surface area contributed by atoms with E-state index in [4.69, 9.17) is 9.52 Å². The Hall–Kier alpha value is -4.06. The number of carboxylic acids is 1. The van der Waals surface area contributed by atoms with Crippen molar-refractivity contribution in [2.45, 2.75) is 18.3 Å². The minimum Gasteiger partial charge on any atom is -0.481 e. The third-order valence-corrected chi connectivity index (χ3v) is 5.92. The Kier molecular flexibility index (Phi) is 4.29. The fourth-order valence-electron chi connectivity index (χ4n) is 4.08. The van der Waals surface area contributed by atoms with E-state index in [-0.39, 0.29) is 5.88 Å². The van der Waals surface area contributed by atoms with Crippen molar-refractivity contribution in [3.05, 3.63) is 78.4 Å². The molecule has 0 unspecified atom stereocenters. The molecule has 31 heavy (non-hydrogen) atoms. The minimum atomic E-state index is -1.19. The number of aliphatic carboxylic acids is 1. The highest BCUT2D eigenvalue weighted by Gasteiger charge is 2.51. The molecule has 5 rings (SSSR count). The molecule has 1 saturated carbocycles.